The molecule has 6 nitrogen and oxygen atoms in total. The molecule has 1 aromatic carbocycles. The summed E-state index contributed by atoms with van der Waals surface area (Å²) in [6, 6.07) is 4.07. The lowest BCUT2D eigenvalue weighted by atomic mass is 10.1. The maximum Gasteiger partial charge on any atom is 0.335 e. The van der Waals surface area contributed by atoms with Gasteiger partial charge in [0.05, 0.1) is 21.8 Å². The van der Waals surface area contributed by atoms with Gasteiger partial charge >= 0.3 is 5.22 Å². The minimum atomic E-state index is -3.78. The molecule has 22 heavy (non-hydrogen) atoms. The Labute approximate surface area is 138 Å². The van der Waals surface area contributed by atoms with E-state index in [2.05, 4.69) is 10.2 Å². The van der Waals surface area contributed by atoms with Crippen LogP contribution in [0.3, 0.4) is 0 Å². The van der Waals surface area contributed by atoms with Gasteiger partial charge in [-0.25, -0.2) is 8.42 Å². The van der Waals surface area contributed by atoms with Crippen LogP contribution in [0.4, 0.5) is 0 Å². The first kappa shape index (κ1) is 17.2. The number of halogens is 2. The Morgan fingerprint density at radius 3 is 2.50 bits per heavy atom. The molecule has 0 bridgehead atoms. The fraction of sp³-hybridized carbons (Fsp3) is 0.385. The molecule has 0 aliphatic carbocycles. The van der Waals surface area contributed by atoms with E-state index in [0.717, 1.165) is 0 Å². The van der Waals surface area contributed by atoms with E-state index in [0.29, 0.717) is 10.6 Å². The Morgan fingerprint density at radius 2 is 1.91 bits per heavy atom. The van der Waals surface area contributed by atoms with E-state index in [-0.39, 0.29) is 22.6 Å². The van der Waals surface area contributed by atoms with E-state index in [1.54, 1.807) is 6.07 Å². The predicted molar refractivity (Wildman–Crippen MR) is 83.4 cm³/mol. The number of hydrogen-bond acceptors (Lipinski definition) is 6. The van der Waals surface area contributed by atoms with Gasteiger partial charge < -0.3 is 10.2 Å². The zero-order chi connectivity index (χ0) is 16.5. The quantitative estimate of drug-likeness (QED) is 0.876. The lowest BCUT2D eigenvalue weighted by Crippen LogP contribution is -2.17. The fourth-order valence-corrected chi connectivity index (χ4v) is 3.12. The molecule has 0 radical (unpaired) electrons. The molecule has 0 aliphatic heterocycles. The lowest BCUT2D eigenvalue weighted by molar-refractivity contribution is 0.341. The SMILES string of the molecule is CC(C)C(N)c1nnc(S(=O)(=O)Cc2ccc(Cl)c(Cl)c2)o1. The zero-order valence-corrected chi connectivity index (χ0v) is 14.3. The smallest absolute Gasteiger partial charge is 0.335 e. The Hall–Kier alpha value is -1.15. The van der Waals surface area contributed by atoms with Crippen LogP contribution in [-0.2, 0) is 15.6 Å². The maximum atomic E-state index is 12.3. The summed E-state index contributed by atoms with van der Waals surface area (Å²) < 4.78 is 29.8. The van der Waals surface area contributed by atoms with Crippen LogP contribution in [0.5, 0.6) is 0 Å². The van der Waals surface area contributed by atoms with E-state index >= 15 is 0 Å². The third kappa shape index (κ3) is 3.78. The summed E-state index contributed by atoms with van der Waals surface area (Å²) in [5, 5.41) is 7.47. The van der Waals surface area contributed by atoms with Crippen LogP contribution in [0, 0.1) is 5.92 Å². The molecule has 0 spiro atoms. The Kier molecular flexibility index (Phi) is 5.11. The molecule has 1 heterocycles. The van der Waals surface area contributed by atoms with Gasteiger partial charge in [0.25, 0.3) is 0 Å². The minimum Gasteiger partial charge on any atom is -0.411 e. The van der Waals surface area contributed by atoms with Gasteiger partial charge in [0.1, 0.15) is 0 Å². The molecule has 0 fully saturated rings. The van der Waals surface area contributed by atoms with Crippen molar-refractivity contribution < 1.29 is 12.8 Å². The first-order valence-corrected chi connectivity index (χ1v) is 8.87. The van der Waals surface area contributed by atoms with Gasteiger partial charge in [0, 0.05) is 0 Å². The van der Waals surface area contributed by atoms with Crippen molar-refractivity contribution in [2.45, 2.75) is 30.9 Å². The number of hydrogen-bond donors (Lipinski definition) is 1. The molecule has 1 atom stereocenters. The first-order valence-electron chi connectivity index (χ1n) is 6.46. The third-order valence-electron chi connectivity index (χ3n) is 3.03. The van der Waals surface area contributed by atoms with E-state index in [4.69, 9.17) is 33.4 Å². The van der Waals surface area contributed by atoms with Crippen molar-refractivity contribution in [3.63, 3.8) is 0 Å². The van der Waals surface area contributed by atoms with Crippen LogP contribution in [-0.4, -0.2) is 18.6 Å². The summed E-state index contributed by atoms with van der Waals surface area (Å²) in [6.45, 7) is 3.75. The van der Waals surface area contributed by atoms with E-state index in [1.807, 2.05) is 13.8 Å². The van der Waals surface area contributed by atoms with Gasteiger partial charge in [-0.3, -0.25) is 0 Å². The molecular formula is C13H15Cl2N3O3S. The second-order valence-electron chi connectivity index (χ2n) is 5.18. The van der Waals surface area contributed by atoms with Crippen LogP contribution in [0.2, 0.25) is 10.0 Å². The molecule has 0 saturated heterocycles. The van der Waals surface area contributed by atoms with Gasteiger partial charge in [-0.05, 0) is 23.6 Å². The van der Waals surface area contributed by atoms with Crippen LogP contribution in [0.25, 0.3) is 0 Å². The Morgan fingerprint density at radius 1 is 1.23 bits per heavy atom. The summed E-state index contributed by atoms with van der Waals surface area (Å²) in [6.07, 6.45) is 0. The Balaban J connectivity index is 2.25. The van der Waals surface area contributed by atoms with Crippen molar-refractivity contribution in [3.8, 4) is 0 Å². The molecular weight excluding hydrogens is 349 g/mol. The molecule has 0 aliphatic rings. The van der Waals surface area contributed by atoms with Crippen LogP contribution >= 0.6 is 23.2 Å². The standard InChI is InChI=1S/C13H15Cl2N3O3S/c1-7(2)11(16)12-17-18-13(21-12)22(19,20)6-8-3-4-9(14)10(15)5-8/h3-5,7,11H,6,16H2,1-2H3. The largest absolute Gasteiger partial charge is 0.411 e. The van der Waals surface area contributed by atoms with Crippen molar-refractivity contribution in [2.75, 3.05) is 0 Å². The molecule has 2 N–H and O–H groups in total. The van der Waals surface area contributed by atoms with Crippen molar-refractivity contribution in [3.05, 3.63) is 39.7 Å². The normalized spacial score (nSPS) is 13.5. The van der Waals surface area contributed by atoms with Crippen LogP contribution in [0.15, 0.2) is 27.8 Å². The van der Waals surface area contributed by atoms with Gasteiger partial charge in [0.2, 0.25) is 15.7 Å². The van der Waals surface area contributed by atoms with Gasteiger partial charge in [-0.2, -0.15) is 0 Å². The second-order valence-corrected chi connectivity index (χ2v) is 7.87. The van der Waals surface area contributed by atoms with Crippen LogP contribution < -0.4 is 5.73 Å². The van der Waals surface area contributed by atoms with Gasteiger partial charge in [-0.15, -0.1) is 5.10 Å². The molecule has 0 amide bonds. The maximum absolute atomic E-state index is 12.3. The highest BCUT2D eigenvalue weighted by Gasteiger charge is 2.26. The number of aromatic nitrogens is 2. The summed E-state index contributed by atoms with van der Waals surface area (Å²) in [4.78, 5) is 0. The average molecular weight is 364 g/mol. The minimum absolute atomic E-state index is 0.0473. The highest BCUT2D eigenvalue weighted by atomic mass is 35.5. The molecule has 1 aromatic heterocycles. The summed E-state index contributed by atoms with van der Waals surface area (Å²) in [7, 11) is -3.78. The lowest BCUT2D eigenvalue weighted by Gasteiger charge is -2.09. The number of benzene rings is 1. The predicted octanol–water partition coefficient (Wildman–Crippen LogP) is 3.01. The van der Waals surface area contributed by atoms with E-state index in [1.165, 1.54) is 12.1 Å². The average Bonchev–Trinajstić information content (AvgIpc) is 2.92. The van der Waals surface area contributed by atoms with Crippen LogP contribution in [0.1, 0.15) is 31.3 Å². The second kappa shape index (κ2) is 6.54. The van der Waals surface area contributed by atoms with Crippen molar-refractivity contribution in [1.82, 2.24) is 10.2 Å². The number of rotatable bonds is 5. The van der Waals surface area contributed by atoms with Gasteiger partial charge in [-0.1, -0.05) is 48.2 Å². The highest BCUT2D eigenvalue weighted by Crippen LogP contribution is 2.25. The molecule has 2 aromatic rings. The van der Waals surface area contributed by atoms with E-state index < -0.39 is 21.1 Å². The summed E-state index contributed by atoms with van der Waals surface area (Å²) in [5.41, 5.74) is 6.33. The van der Waals surface area contributed by atoms with Crippen molar-refractivity contribution in [2.24, 2.45) is 11.7 Å². The molecule has 9 heteroatoms. The Bertz CT molecular complexity index is 775. The number of nitrogens with two attached hydrogens (primary N) is 1. The van der Waals surface area contributed by atoms with Gasteiger partial charge in [0.15, 0.2) is 0 Å². The molecule has 0 saturated carbocycles. The molecule has 2 rings (SSSR count). The van der Waals surface area contributed by atoms with E-state index in [9.17, 15) is 8.42 Å². The molecule has 1 unspecified atom stereocenters. The summed E-state index contributed by atoms with van der Waals surface area (Å²) in [5.74, 6) is -0.170. The van der Waals surface area contributed by atoms with Crippen molar-refractivity contribution >= 4 is 33.0 Å². The first-order chi connectivity index (χ1) is 10.2. The van der Waals surface area contributed by atoms with Crippen molar-refractivity contribution in [1.29, 1.82) is 0 Å². The molecule has 120 valence electrons. The summed E-state index contributed by atoms with van der Waals surface area (Å²) >= 11 is 11.7. The highest BCUT2D eigenvalue weighted by molar-refractivity contribution is 7.90. The fourth-order valence-electron chi connectivity index (χ4n) is 1.68. The topological polar surface area (TPSA) is 99.1 Å². The zero-order valence-electron chi connectivity index (χ0n) is 12.0. The third-order valence-corrected chi connectivity index (χ3v) is 5.18. The number of sulfone groups is 1. The monoisotopic (exact) mass is 363 g/mol. The number of nitrogens with zero attached hydrogens (tertiary/aromatic N) is 2.